The monoisotopic (exact) mass is 220 g/mol. The molecule has 0 saturated heterocycles. The van der Waals surface area contributed by atoms with E-state index in [1.807, 2.05) is 36.4 Å². The van der Waals surface area contributed by atoms with Crippen LogP contribution in [0, 0.1) is 22.7 Å². The number of H-pyrrole nitrogens is 1. The van der Waals surface area contributed by atoms with Gasteiger partial charge in [-0.15, -0.1) is 0 Å². The summed E-state index contributed by atoms with van der Waals surface area (Å²) in [6.45, 7) is 0. The predicted molar refractivity (Wildman–Crippen MR) is 63.2 cm³/mol. The first-order chi connectivity index (χ1) is 8.33. The summed E-state index contributed by atoms with van der Waals surface area (Å²) in [5.41, 5.74) is 2.87. The van der Waals surface area contributed by atoms with Gasteiger partial charge >= 0.3 is 0 Å². The molecule has 0 atom stereocenters. The highest BCUT2D eigenvalue weighted by atomic mass is 15.1. The van der Waals surface area contributed by atoms with E-state index in [-0.39, 0.29) is 5.57 Å². The molecule has 0 bridgehead atoms. The number of aromatic amines is 1. The summed E-state index contributed by atoms with van der Waals surface area (Å²) in [4.78, 5) is 0. The first-order valence-corrected chi connectivity index (χ1v) is 4.94. The Morgan fingerprint density at radius 2 is 2.06 bits per heavy atom. The summed E-state index contributed by atoms with van der Waals surface area (Å²) in [6.07, 6.45) is 5.07. The average molecular weight is 220 g/mol. The molecule has 80 valence electrons. The number of benzene rings is 1. The lowest BCUT2D eigenvalue weighted by Crippen LogP contribution is -1.79. The van der Waals surface area contributed by atoms with E-state index in [4.69, 9.17) is 10.5 Å². The highest BCUT2D eigenvalue weighted by molar-refractivity contribution is 5.69. The van der Waals surface area contributed by atoms with Gasteiger partial charge in [-0.25, -0.2) is 0 Å². The number of hydrogen-bond donors (Lipinski definition) is 1. The summed E-state index contributed by atoms with van der Waals surface area (Å²) in [6, 6.07) is 11.2. The van der Waals surface area contributed by atoms with Crippen molar-refractivity contribution < 1.29 is 0 Å². The van der Waals surface area contributed by atoms with E-state index >= 15 is 0 Å². The van der Waals surface area contributed by atoms with Gasteiger partial charge in [-0.05, 0) is 23.3 Å². The quantitative estimate of drug-likeness (QED) is 0.790. The summed E-state index contributed by atoms with van der Waals surface area (Å²) in [7, 11) is 0. The van der Waals surface area contributed by atoms with Gasteiger partial charge in [-0.2, -0.15) is 15.6 Å². The molecule has 0 aliphatic carbocycles. The summed E-state index contributed by atoms with van der Waals surface area (Å²) in [5, 5.41) is 24.0. The Hall–Kier alpha value is -2.85. The topological polar surface area (TPSA) is 76.3 Å². The Bertz CT molecular complexity index is 608. The Labute approximate surface area is 98.4 Å². The van der Waals surface area contributed by atoms with Crippen molar-refractivity contribution in [3.8, 4) is 23.3 Å². The molecule has 0 unspecified atom stereocenters. The maximum Gasteiger partial charge on any atom is 0.130 e. The average Bonchev–Trinajstić information content (AvgIpc) is 2.90. The molecule has 0 spiro atoms. The van der Waals surface area contributed by atoms with Crippen LogP contribution in [-0.4, -0.2) is 10.2 Å². The molecule has 17 heavy (non-hydrogen) atoms. The predicted octanol–water partition coefficient (Wildman–Crippen LogP) is 2.51. The molecule has 2 rings (SSSR count). The van der Waals surface area contributed by atoms with E-state index in [9.17, 15) is 0 Å². The Morgan fingerprint density at radius 3 is 2.71 bits per heavy atom. The Kier molecular flexibility index (Phi) is 3.00. The van der Waals surface area contributed by atoms with Crippen LogP contribution >= 0.6 is 0 Å². The first kappa shape index (κ1) is 10.7. The normalized spacial score (nSPS) is 9.06. The fraction of sp³-hybridized carbons (Fsp3) is 0. The van der Waals surface area contributed by atoms with Crippen molar-refractivity contribution in [3.05, 3.63) is 47.8 Å². The molecular weight excluding hydrogens is 212 g/mol. The third-order valence-electron chi connectivity index (χ3n) is 2.27. The van der Waals surface area contributed by atoms with Gasteiger partial charge in [0.25, 0.3) is 0 Å². The molecule has 1 N–H and O–H groups in total. The molecule has 1 heterocycles. The van der Waals surface area contributed by atoms with E-state index in [0.29, 0.717) is 0 Å². The van der Waals surface area contributed by atoms with Gasteiger partial charge in [0, 0.05) is 11.8 Å². The standard InChI is InChI=1S/C13H8N4/c14-6-11(7-15)4-10-2-1-3-12(5-10)13-8-16-17-9-13/h1-5,8-9H,(H,16,17). The SMILES string of the molecule is N#CC(C#N)=Cc1cccc(-c2cn[nH]c2)c1. The van der Waals surface area contributed by atoms with Crippen molar-refractivity contribution in [2.24, 2.45) is 0 Å². The van der Waals surface area contributed by atoms with Crippen molar-refractivity contribution in [2.75, 3.05) is 0 Å². The Balaban J connectivity index is 2.41. The first-order valence-electron chi connectivity index (χ1n) is 4.94. The number of aromatic nitrogens is 2. The lowest BCUT2D eigenvalue weighted by Gasteiger charge is -1.98. The minimum absolute atomic E-state index is 0.0920. The van der Waals surface area contributed by atoms with Crippen LogP contribution in [-0.2, 0) is 0 Å². The van der Waals surface area contributed by atoms with Crippen LogP contribution in [0.15, 0.2) is 42.2 Å². The highest BCUT2D eigenvalue weighted by Crippen LogP contribution is 2.19. The number of nitrogens with zero attached hydrogens (tertiary/aromatic N) is 3. The zero-order valence-electron chi connectivity index (χ0n) is 8.88. The fourth-order valence-electron chi connectivity index (χ4n) is 1.47. The van der Waals surface area contributed by atoms with Gasteiger partial charge in [-0.1, -0.05) is 18.2 Å². The lowest BCUT2D eigenvalue weighted by molar-refractivity contribution is 1.09. The number of allylic oxidation sites excluding steroid dienone is 1. The largest absolute Gasteiger partial charge is 0.285 e. The second-order valence-corrected chi connectivity index (χ2v) is 3.39. The Morgan fingerprint density at radius 1 is 1.24 bits per heavy atom. The molecule has 0 aliphatic heterocycles. The molecule has 1 aromatic carbocycles. The number of nitrogens with one attached hydrogen (secondary N) is 1. The lowest BCUT2D eigenvalue weighted by atomic mass is 10.0. The molecule has 0 fully saturated rings. The van der Waals surface area contributed by atoms with Crippen molar-refractivity contribution >= 4 is 6.08 Å². The smallest absolute Gasteiger partial charge is 0.130 e. The molecule has 0 radical (unpaired) electrons. The van der Waals surface area contributed by atoms with Crippen LogP contribution in [0.2, 0.25) is 0 Å². The van der Waals surface area contributed by atoms with E-state index in [2.05, 4.69) is 10.2 Å². The van der Waals surface area contributed by atoms with E-state index in [1.165, 1.54) is 0 Å². The number of rotatable bonds is 2. The van der Waals surface area contributed by atoms with Crippen molar-refractivity contribution in [1.29, 1.82) is 10.5 Å². The van der Waals surface area contributed by atoms with Gasteiger partial charge in [0.1, 0.15) is 17.7 Å². The summed E-state index contributed by atoms with van der Waals surface area (Å²) < 4.78 is 0. The van der Waals surface area contributed by atoms with E-state index < -0.39 is 0 Å². The van der Waals surface area contributed by atoms with Crippen LogP contribution in [0.25, 0.3) is 17.2 Å². The molecule has 0 saturated carbocycles. The molecule has 4 nitrogen and oxygen atoms in total. The third-order valence-corrected chi connectivity index (χ3v) is 2.27. The van der Waals surface area contributed by atoms with Gasteiger partial charge in [0.2, 0.25) is 0 Å². The maximum atomic E-state index is 8.68. The zero-order valence-corrected chi connectivity index (χ0v) is 8.88. The van der Waals surface area contributed by atoms with Crippen LogP contribution in [0.3, 0.4) is 0 Å². The number of hydrogen-bond acceptors (Lipinski definition) is 3. The zero-order chi connectivity index (χ0) is 12.1. The van der Waals surface area contributed by atoms with Gasteiger partial charge < -0.3 is 0 Å². The second-order valence-electron chi connectivity index (χ2n) is 3.39. The second kappa shape index (κ2) is 4.78. The van der Waals surface area contributed by atoms with Crippen molar-refractivity contribution in [1.82, 2.24) is 10.2 Å². The molecular formula is C13H8N4. The molecule has 0 amide bonds. The highest BCUT2D eigenvalue weighted by Gasteiger charge is 2.00. The minimum Gasteiger partial charge on any atom is -0.285 e. The van der Waals surface area contributed by atoms with Gasteiger partial charge in [-0.3, -0.25) is 5.10 Å². The van der Waals surface area contributed by atoms with Crippen LogP contribution < -0.4 is 0 Å². The fourth-order valence-corrected chi connectivity index (χ4v) is 1.47. The van der Waals surface area contributed by atoms with Gasteiger partial charge in [0.05, 0.1) is 6.20 Å². The molecule has 4 heteroatoms. The van der Waals surface area contributed by atoms with Crippen LogP contribution in [0.4, 0.5) is 0 Å². The van der Waals surface area contributed by atoms with Gasteiger partial charge in [0.15, 0.2) is 0 Å². The van der Waals surface area contributed by atoms with E-state index in [0.717, 1.165) is 16.7 Å². The van der Waals surface area contributed by atoms with E-state index in [1.54, 1.807) is 18.5 Å². The molecule has 1 aromatic heterocycles. The van der Waals surface area contributed by atoms with Crippen LogP contribution in [0.1, 0.15) is 5.56 Å². The van der Waals surface area contributed by atoms with Crippen molar-refractivity contribution in [3.63, 3.8) is 0 Å². The van der Waals surface area contributed by atoms with Crippen molar-refractivity contribution in [2.45, 2.75) is 0 Å². The van der Waals surface area contributed by atoms with Crippen LogP contribution in [0.5, 0.6) is 0 Å². The number of nitriles is 2. The summed E-state index contributed by atoms with van der Waals surface area (Å²) >= 11 is 0. The maximum absolute atomic E-state index is 8.68. The molecule has 0 aliphatic rings. The summed E-state index contributed by atoms with van der Waals surface area (Å²) in [5.74, 6) is 0. The minimum atomic E-state index is 0.0920. The third kappa shape index (κ3) is 2.39. The molecule has 2 aromatic rings.